The van der Waals surface area contributed by atoms with E-state index in [1.807, 2.05) is 0 Å². The molecule has 8 atom stereocenters. The van der Waals surface area contributed by atoms with E-state index in [-0.39, 0.29) is 11.2 Å². The zero-order valence-corrected chi connectivity index (χ0v) is 20.0. The van der Waals surface area contributed by atoms with Gasteiger partial charge in [-0.15, -0.1) is 0 Å². The minimum atomic E-state index is -0.413. The van der Waals surface area contributed by atoms with Crippen LogP contribution in [-0.2, 0) is 9.47 Å². The second-order valence-electron chi connectivity index (χ2n) is 12.4. The van der Waals surface area contributed by atoms with E-state index in [0.29, 0.717) is 11.3 Å². The largest absolute Gasteiger partial charge is 0.389 e. The van der Waals surface area contributed by atoms with Gasteiger partial charge in [-0.25, -0.2) is 0 Å². The van der Waals surface area contributed by atoms with E-state index in [1.165, 1.54) is 51.4 Å². The highest BCUT2D eigenvalue weighted by Crippen LogP contribution is 2.70. The highest BCUT2D eigenvalue weighted by Gasteiger charge is 2.66. The molecule has 1 aliphatic heterocycles. The molecule has 0 amide bonds. The van der Waals surface area contributed by atoms with Crippen LogP contribution in [0.3, 0.4) is 0 Å². The minimum Gasteiger partial charge on any atom is -0.389 e. The van der Waals surface area contributed by atoms with E-state index in [0.717, 1.165) is 62.6 Å². The van der Waals surface area contributed by atoms with Crippen molar-refractivity contribution in [3.05, 3.63) is 0 Å². The van der Waals surface area contributed by atoms with Crippen LogP contribution in [0.1, 0.15) is 105 Å². The maximum absolute atomic E-state index is 11.8. The summed E-state index contributed by atoms with van der Waals surface area (Å²) in [6.45, 7) is 11.4. The summed E-state index contributed by atoms with van der Waals surface area (Å²) in [6.07, 6.45) is 14.5. The van der Waals surface area contributed by atoms with Crippen LogP contribution in [0.25, 0.3) is 0 Å². The van der Waals surface area contributed by atoms with Crippen molar-refractivity contribution in [2.75, 3.05) is 13.2 Å². The summed E-state index contributed by atoms with van der Waals surface area (Å²) >= 11 is 0. The number of fused-ring (bicyclic) bond motifs is 5. The van der Waals surface area contributed by atoms with Crippen molar-refractivity contribution >= 4 is 0 Å². The molecule has 0 aromatic carbocycles. The zero-order valence-electron chi connectivity index (χ0n) is 20.0. The standard InChI is InChI=1S/C27H46O3/c1-5-6-7-12-26(28)14-11-22-21-9-8-20-18-27(29-15-16-30-27)17-19(2)25(20,4)23(21)10-13-24(22,26)3/h19-23,28H,5-18H2,1-4H3/t19-,20-,21-,22-,23-,24-,25-,26-/m0/s1. The number of hydrogen-bond donors (Lipinski definition) is 1. The Bertz CT molecular complexity index is 642. The second kappa shape index (κ2) is 7.45. The Hall–Kier alpha value is -0.120. The molecule has 1 spiro atoms. The quantitative estimate of drug-likeness (QED) is 0.542. The Morgan fingerprint density at radius 2 is 1.63 bits per heavy atom. The van der Waals surface area contributed by atoms with Crippen LogP contribution >= 0.6 is 0 Å². The van der Waals surface area contributed by atoms with Crippen LogP contribution in [0.15, 0.2) is 0 Å². The van der Waals surface area contributed by atoms with Crippen molar-refractivity contribution in [3.63, 3.8) is 0 Å². The van der Waals surface area contributed by atoms with Crippen molar-refractivity contribution in [1.29, 1.82) is 0 Å². The first-order valence-electron chi connectivity index (χ1n) is 13.3. The molecular formula is C27H46O3. The Labute approximate surface area is 184 Å². The maximum atomic E-state index is 11.8. The van der Waals surface area contributed by atoms with Gasteiger partial charge in [0, 0.05) is 12.8 Å². The lowest BCUT2D eigenvalue weighted by Gasteiger charge is -2.64. The average molecular weight is 419 g/mol. The Morgan fingerprint density at radius 3 is 2.37 bits per heavy atom. The molecule has 30 heavy (non-hydrogen) atoms. The maximum Gasteiger partial charge on any atom is 0.169 e. The molecule has 4 aliphatic carbocycles. The van der Waals surface area contributed by atoms with Gasteiger partial charge in [-0.3, -0.25) is 0 Å². The lowest BCUT2D eigenvalue weighted by Crippen LogP contribution is -2.60. The normalized spacial score (nSPS) is 52.1. The summed E-state index contributed by atoms with van der Waals surface area (Å²) in [5, 5.41) is 11.8. The first kappa shape index (κ1) is 21.7. The van der Waals surface area contributed by atoms with Gasteiger partial charge >= 0.3 is 0 Å². The smallest absolute Gasteiger partial charge is 0.169 e. The van der Waals surface area contributed by atoms with E-state index >= 15 is 0 Å². The number of ether oxygens (including phenoxy) is 2. The Kier molecular flexibility index (Phi) is 5.39. The van der Waals surface area contributed by atoms with Crippen molar-refractivity contribution in [3.8, 4) is 0 Å². The number of hydrogen-bond acceptors (Lipinski definition) is 3. The summed E-state index contributed by atoms with van der Waals surface area (Å²) in [5.41, 5.74) is 0.138. The van der Waals surface area contributed by atoms with Crippen molar-refractivity contribution in [2.45, 2.75) is 116 Å². The molecule has 3 nitrogen and oxygen atoms in total. The zero-order chi connectivity index (χ0) is 21.2. The molecule has 5 fully saturated rings. The van der Waals surface area contributed by atoms with E-state index in [1.54, 1.807) is 0 Å². The molecule has 172 valence electrons. The highest BCUT2D eigenvalue weighted by atomic mass is 16.7. The summed E-state index contributed by atoms with van der Waals surface area (Å²) < 4.78 is 12.4. The predicted octanol–water partition coefficient (Wildman–Crippen LogP) is 6.33. The predicted molar refractivity (Wildman–Crippen MR) is 120 cm³/mol. The first-order chi connectivity index (χ1) is 14.3. The van der Waals surface area contributed by atoms with E-state index in [4.69, 9.17) is 9.47 Å². The molecule has 5 aliphatic rings. The summed E-state index contributed by atoms with van der Waals surface area (Å²) in [5.74, 6) is 3.47. The van der Waals surface area contributed by atoms with Crippen LogP contribution in [0.4, 0.5) is 0 Å². The van der Waals surface area contributed by atoms with Gasteiger partial charge in [-0.05, 0) is 85.4 Å². The fraction of sp³-hybridized carbons (Fsp3) is 1.00. The molecule has 1 saturated heterocycles. The SMILES string of the molecule is CCCCC[C@]1(O)CC[C@H]2[C@@H]3CC[C@H]4CC5(C[C@H](C)[C@]4(C)[C@H]3CC[C@@]21C)OCCO5. The first-order valence-corrected chi connectivity index (χ1v) is 13.3. The lowest BCUT2D eigenvalue weighted by molar-refractivity contribution is -0.250. The van der Waals surface area contributed by atoms with Crippen LogP contribution in [0, 0.1) is 40.4 Å². The monoisotopic (exact) mass is 418 g/mol. The van der Waals surface area contributed by atoms with Crippen molar-refractivity contribution in [2.24, 2.45) is 40.4 Å². The van der Waals surface area contributed by atoms with E-state index in [9.17, 15) is 5.11 Å². The van der Waals surface area contributed by atoms with Crippen molar-refractivity contribution in [1.82, 2.24) is 0 Å². The van der Waals surface area contributed by atoms with Gasteiger partial charge in [0.25, 0.3) is 0 Å². The van der Waals surface area contributed by atoms with Crippen LogP contribution < -0.4 is 0 Å². The summed E-state index contributed by atoms with van der Waals surface area (Å²) in [6, 6.07) is 0. The lowest BCUT2D eigenvalue weighted by atomic mass is 9.42. The Morgan fingerprint density at radius 1 is 0.900 bits per heavy atom. The second-order valence-corrected chi connectivity index (χ2v) is 12.4. The summed E-state index contributed by atoms with van der Waals surface area (Å²) in [4.78, 5) is 0. The number of rotatable bonds is 4. The Balaban J connectivity index is 1.37. The third-order valence-corrected chi connectivity index (χ3v) is 11.5. The average Bonchev–Trinajstić information content (AvgIpc) is 3.26. The third-order valence-electron chi connectivity index (χ3n) is 11.5. The fourth-order valence-corrected chi connectivity index (χ4v) is 9.63. The highest BCUT2D eigenvalue weighted by molar-refractivity contribution is 5.15. The molecule has 0 bridgehead atoms. The molecule has 1 heterocycles. The minimum absolute atomic E-state index is 0.141. The van der Waals surface area contributed by atoms with E-state index in [2.05, 4.69) is 27.7 Å². The van der Waals surface area contributed by atoms with Gasteiger partial charge in [0.05, 0.1) is 18.8 Å². The van der Waals surface area contributed by atoms with Gasteiger partial charge < -0.3 is 14.6 Å². The molecule has 5 rings (SSSR count). The molecule has 1 N–H and O–H groups in total. The fourth-order valence-electron chi connectivity index (χ4n) is 9.63. The molecule has 4 saturated carbocycles. The topological polar surface area (TPSA) is 38.7 Å². The molecule has 0 unspecified atom stereocenters. The summed E-state index contributed by atoms with van der Waals surface area (Å²) in [7, 11) is 0. The molecular weight excluding hydrogens is 372 g/mol. The van der Waals surface area contributed by atoms with Gasteiger partial charge in [0.1, 0.15) is 0 Å². The van der Waals surface area contributed by atoms with Gasteiger partial charge in [0.2, 0.25) is 0 Å². The number of unbranched alkanes of at least 4 members (excludes halogenated alkanes) is 2. The van der Waals surface area contributed by atoms with Gasteiger partial charge in [-0.1, -0.05) is 47.0 Å². The van der Waals surface area contributed by atoms with Crippen LogP contribution in [0.2, 0.25) is 0 Å². The molecule has 3 heteroatoms. The van der Waals surface area contributed by atoms with Gasteiger partial charge in [0.15, 0.2) is 5.79 Å². The van der Waals surface area contributed by atoms with Crippen LogP contribution in [-0.4, -0.2) is 29.7 Å². The molecule has 0 radical (unpaired) electrons. The van der Waals surface area contributed by atoms with E-state index < -0.39 is 5.60 Å². The van der Waals surface area contributed by atoms with Crippen LogP contribution in [0.5, 0.6) is 0 Å². The number of aliphatic hydroxyl groups is 1. The van der Waals surface area contributed by atoms with Gasteiger partial charge in [-0.2, -0.15) is 0 Å². The molecule has 0 aromatic heterocycles. The third kappa shape index (κ3) is 2.93. The molecule has 0 aromatic rings. The van der Waals surface area contributed by atoms with Crippen molar-refractivity contribution < 1.29 is 14.6 Å².